The highest BCUT2D eigenvalue weighted by Crippen LogP contribution is 2.29. The Balaban J connectivity index is 1.27. The Morgan fingerprint density at radius 1 is 1.13 bits per heavy atom. The van der Waals surface area contributed by atoms with Crippen molar-refractivity contribution >= 4 is 21.8 Å². The van der Waals surface area contributed by atoms with Crippen molar-refractivity contribution in [2.45, 2.75) is 17.7 Å². The van der Waals surface area contributed by atoms with Crippen LogP contribution < -0.4 is 10.1 Å². The Kier molecular flexibility index (Phi) is 5.72. The zero-order chi connectivity index (χ0) is 21.1. The van der Waals surface area contributed by atoms with E-state index in [1.165, 1.54) is 12.1 Å². The second-order valence-electron chi connectivity index (χ2n) is 7.22. The van der Waals surface area contributed by atoms with Crippen molar-refractivity contribution in [2.24, 2.45) is 10.3 Å². The number of nitrogens with one attached hydrogen (secondary N) is 1. The van der Waals surface area contributed by atoms with Gasteiger partial charge < -0.3 is 15.0 Å². The van der Waals surface area contributed by atoms with E-state index in [-0.39, 0.29) is 35.6 Å². The van der Waals surface area contributed by atoms with Gasteiger partial charge in [-0.25, -0.2) is 4.39 Å². The lowest BCUT2D eigenvalue weighted by molar-refractivity contribution is -0.126. The summed E-state index contributed by atoms with van der Waals surface area (Å²) in [5.41, 5.74) is 0.616. The highest BCUT2D eigenvalue weighted by Gasteiger charge is 2.34. The number of ether oxygens (including phenoxy) is 1. The fourth-order valence-corrected chi connectivity index (χ4v) is 4.94. The smallest absolute Gasteiger partial charge is 0.285 e. The number of carbonyl (C=O) groups is 1. The van der Waals surface area contributed by atoms with Gasteiger partial charge in [0.1, 0.15) is 11.5 Å². The van der Waals surface area contributed by atoms with E-state index < -0.39 is 15.8 Å². The molecular weight excluding hydrogens is 409 g/mol. The molecule has 0 unspecified atom stereocenters. The molecule has 2 aliphatic rings. The zero-order valence-corrected chi connectivity index (χ0v) is 17.1. The third-order valence-electron chi connectivity index (χ3n) is 5.27. The summed E-state index contributed by atoms with van der Waals surface area (Å²) in [5.74, 6) is -0.0540. The van der Waals surface area contributed by atoms with E-state index >= 15 is 0 Å². The average Bonchev–Trinajstić information content (AvgIpc) is 3.03. The molecule has 1 fully saturated rings. The molecule has 0 aromatic heterocycles. The van der Waals surface area contributed by atoms with Gasteiger partial charge in [0.25, 0.3) is 10.0 Å². The minimum absolute atomic E-state index is 0.0758. The van der Waals surface area contributed by atoms with Crippen molar-refractivity contribution in [2.75, 3.05) is 26.2 Å². The molecule has 4 rings (SSSR count). The number of hydrogen-bond acceptors (Lipinski definition) is 5. The molecule has 0 bridgehead atoms. The summed E-state index contributed by atoms with van der Waals surface area (Å²) in [4.78, 5) is 14.6. The van der Waals surface area contributed by atoms with Crippen LogP contribution in [0.2, 0.25) is 0 Å². The normalized spacial score (nSPS) is 17.9. The predicted molar refractivity (Wildman–Crippen MR) is 109 cm³/mol. The first-order chi connectivity index (χ1) is 14.5. The molecule has 0 atom stereocenters. The minimum atomic E-state index is -3.65. The summed E-state index contributed by atoms with van der Waals surface area (Å²) in [6.07, 6.45) is 1.20. The SMILES string of the molecule is O=C(NCCOc1ccccc1F)C1CCN(C2=NS(=O)(=O)c3ccccc32)CC1. The number of piperidine rings is 1. The maximum atomic E-state index is 13.5. The first-order valence-electron chi connectivity index (χ1n) is 9.80. The van der Waals surface area contributed by atoms with Crippen molar-refractivity contribution < 1.29 is 22.3 Å². The number of sulfonamides is 1. The van der Waals surface area contributed by atoms with Crippen LogP contribution in [-0.4, -0.2) is 51.3 Å². The molecule has 2 aromatic carbocycles. The monoisotopic (exact) mass is 431 g/mol. The van der Waals surface area contributed by atoms with Crippen LogP contribution in [0, 0.1) is 11.7 Å². The topological polar surface area (TPSA) is 88.1 Å². The molecule has 158 valence electrons. The van der Waals surface area contributed by atoms with Crippen LogP contribution in [0.3, 0.4) is 0 Å². The number of para-hydroxylation sites is 1. The van der Waals surface area contributed by atoms with E-state index in [0.717, 1.165) is 0 Å². The molecule has 30 heavy (non-hydrogen) atoms. The third kappa shape index (κ3) is 4.16. The summed E-state index contributed by atoms with van der Waals surface area (Å²) < 4.78 is 47.3. The van der Waals surface area contributed by atoms with Crippen LogP contribution in [0.25, 0.3) is 0 Å². The Morgan fingerprint density at radius 2 is 1.83 bits per heavy atom. The summed E-state index contributed by atoms with van der Waals surface area (Å²) in [6.45, 7) is 1.56. The molecule has 9 heteroatoms. The first kappa shape index (κ1) is 20.3. The molecular formula is C21H22FN3O4S. The van der Waals surface area contributed by atoms with Crippen LogP contribution in [0.4, 0.5) is 4.39 Å². The number of amidine groups is 1. The molecule has 0 spiro atoms. The number of fused-ring (bicyclic) bond motifs is 1. The van der Waals surface area contributed by atoms with Gasteiger partial charge in [0.2, 0.25) is 5.91 Å². The van der Waals surface area contributed by atoms with E-state index in [2.05, 4.69) is 9.71 Å². The first-order valence-corrected chi connectivity index (χ1v) is 11.2. The van der Waals surface area contributed by atoms with Gasteiger partial charge >= 0.3 is 0 Å². The second-order valence-corrected chi connectivity index (χ2v) is 8.79. The molecule has 1 saturated heterocycles. The van der Waals surface area contributed by atoms with Gasteiger partial charge in [-0.15, -0.1) is 4.40 Å². The lowest BCUT2D eigenvalue weighted by Crippen LogP contribution is -2.43. The number of rotatable bonds is 5. The standard InChI is InChI=1S/C21H22FN3O4S/c22-17-6-2-3-7-18(17)29-14-11-23-21(26)15-9-12-25(13-10-15)20-16-5-1-4-8-19(16)30(27,28)24-20/h1-8,15H,9-14H2,(H,23,26). The van der Waals surface area contributed by atoms with E-state index in [1.807, 2.05) is 4.90 Å². The van der Waals surface area contributed by atoms with Crippen molar-refractivity contribution in [3.05, 3.63) is 59.9 Å². The summed E-state index contributed by atoms with van der Waals surface area (Å²) in [5, 5.41) is 2.82. The third-order valence-corrected chi connectivity index (χ3v) is 6.60. The fourth-order valence-electron chi connectivity index (χ4n) is 3.71. The summed E-state index contributed by atoms with van der Waals surface area (Å²) >= 11 is 0. The summed E-state index contributed by atoms with van der Waals surface area (Å²) in [7, 11) is -3.65. The Hall–Kier alpha value is -2.94. The van der Waals surface area contributed by atoms with E-state index in [1.54, 1.807) is 36.4 Å². The highest BCUT2D eigenvalue weighted by molar-refractivity contribution is 7.90. The molecule has 1 N–H and O–H groups in total. The van der Waals surface area contributed by atoms with Crippen LogP contribution >= 0.6 is 0 Å². The maximum Gasteiger partial charge on any atom is 0.285 e. The van der Waals surface area contributed by atoms with Crippen molar-refractivity contribution in [1.82, 2.24) is 10.2 Å². The van der Waals surface area contributed by atoms with Crippen molar-refractivity contribution in [3.8, 4) is 5.75 Å². The van der Waals surface area contributed by atoms with Gasteiger partial charge in [-0.2, -0.15) is 8.42 Å². The number of carbonyl (C=O) groups excluding carboxylic acids is 1. The lowest BCUT2D eigenvalue weighted by atomic mass is 9.95. The molecule has 2 aromatic rings. The van der Waals surface area contributed by atoms with Gasteiger partial charge in [0.15, 0.2) is 17.4 Å². The number of amides is 1. The number of likely N-dealkylation sites (tertiary alicyclic amines) is 1. The maximum absolute atomic E-state index is 13.5. The lowest BCUT2D eigenvalue weighted by Gasteiger charge is -2.32. The molecule has 0 radical (unpaired) electrons. The van der Waals surface area contributed by atoms with Gasteiger partial charge in [0, 0.05) is 24.6 Å². The van der Waals surface area contributed by atoms with Crippen LogP contribution in [-0.2, 0) is 14.8 Å². The minimum Gasteiger partial charge on any atom is -0.489 e. The van der Waals surface area contributed by atoms with Crippen molar-refractivity contribution in [3.63, 3.8) is 0 Å². The molecule has 0 aliphatic carbocycles. The number of nitrogens with zero attached hydrogens (tertiary/aromatic N) is 2. The Labute approximate surface area is 174 Å². The number of halogens is 1. The molecule has 0 saturated carbocycles. The van der Waals surface area contributed by atoms with Gasteiger partial charge in [-0.3, -0.25) is 4.79 Å². The zero-order valence-electron chi connectivity index (χ0n) is 16.3. The Bertz CT molecular complexity index is 1080. The van der Waals surface area contributed by atoms with E-state index in [4.69, 9.17) is 4.74 Å². The van der Waals surface area contributed by atoms with E-state index in [9.17, 15) is 17.6 Å². The number of benzene rings is 2. The second kappa shape index (κ2) is 8.43. The van der Waals surface area contributed by atoms with Gasteiger partial charge in [-0.05, 0) is 37.1 Å². The summed E-state index contributed by atoms with van der Waals surface area (Å²) in [6, 6.07) is 12.9. The van der Waals surface area contributed by atoms with Gasteiger partial charge in [-0.1, -0.05) is 24.3 Å². The Morgan fingerprint density at radius 3 is 2.60 bits per heavy atom. The van der Waals surface area contributed by atoms with Crippen LogP contribution in [0.1, 0.15) is 18.4 Å². The van der Waals surface area contributed by atoms with Gasteiger partial charge in [0.05, 0.1) is 6.54 Å². The predicted octanol–water partition coefficient (Wildman–Crippen LogP) is 2.18. The average molecular weight is 431 g/mol. The van der Waals surface area contributed by atoms with E-state index in [0.29, 0.717) is 37.3 Å². The highest BCUT2D eigenvalue weighted by atomic mass is 32.2. The van der Waals surface area contributed by atoms with Crippen LogP contribution in [0.5, 0.6) is 5.75 Å². The van der Waals surface area contributed by atoms with Crippen molar-refractivity contribution in [1.29, 1.82) is 0 Å². The fraction of sp³-hybridized carbons (Fsp3) is 0.333. The van der Waals surface area contributed by atoms with Crippen LogP contribution in [0.15, 0.2) is 57.8 Å². The molecule has 2 aliphatic heterocycles. The molecule has 2 heterocycles. The molecule has 1 amide bonds. The number of hydrogen-bond donors (Lipinski definition) is 1. The molecule has 7 nitrogen and oxygen atoms in total. The quantitative estimate of drug-likeness (QED) is 0.734. The largest absolute Gasteiger partial charge is 0.489 e.